The van der Waals surface area contributed by atoms with Gasteiger partial charge in [-0.2, -0.15) is 0 Å². The van der Waals surface area contributed by atoms with Gasteiger partial charge in [0.05, 0.1) is 5.66 Å². The standard InChI is InChI=1S/C11H8BO3/c13-9-5-2-1-4-8(9)11(14)15-10-6-3-7-12-10/h1-7,13H. The number of aromatic hydroxyl groups is 1. The molecule has 0 aliphatic carbocycles. The molecule has 0 spiro atoms. The Balaban J connectivity index is 2.11. The van der Waals surface area contributed by atoms with Crippen molar-refractivity contribution in [2.75, 3.05) is 0 Å². The summed E-state index contributed by atoms with van der Waals surface area (Å²) in [7, 11) is 1.68. The first-order valence-corrected chi connectivity index (χ1v) is 4.49. The van der Waals surface area contributed by atoms with Crippen LogP contribution in [0.5, 0.6) is 5.75 Å². The predicted octanol–water partition coefficient (Wildman–Crippen LogP) is 1.62. The molecule has 1 aromatic carbocycles. The maximum Gasteiger partial charge on any atom is 0.346 e. The van der Waals surface area contributed by atoms with Gasteiger partial charge in [0.2, 0.25) is 7.28 Å². The van der Waals surface area contributed by atoms with Gasteiger partial charge < -0.3 is 9.84 Å². The van der Waals surface area contributed by atoms with Crippen LogP contribution < -0.4 is 0 Å². The maximum absolute atomic E-state index is 11.6. The van der Waals surface area contributed by atoms with Crippen LogP contribution in [0.25, 0.3) is 0 Å². The molecule has 1 aromatic rings. The molecule has 2 rings (SSSR count). The van der Waals surface area contributed by atoms with Crippen LogP contribution in [0.4, 0.5) is 0 Å². The van der Waals surface area contributed by atoms with E-state index in [0.29, 0.717) is 5.66 Å². The van der Waals surface area contributed by atoms with Crippen molar-refractivity contribution < 1.29 is 14.6 Å². The summed E-state index contributed by atoms with van der Waals surface area (Å²) in [5.74, 6) is 1.14. The molecule has 15 heavy (non-hydrogen) atoms. The Morgan fingerprint density at radius 1 is 1.33 bits per heavy atom. The van der Waals surface area contributed by atoms with Crippen LogP contribution in [0.2, 0.25) is 0 Å². The number of rotatable bonds is 2. The zero-order valence-electron chi connectivity index (χ0n) is 7.88. The van der Waals surface area contributed by atoms with Gasteiger partial charge in [-0.25, -0.2) is 4.79 Å². The van der Waals surface area contributed by atoms with Crippen molar-refractivity contribution in [3.63, 3.8) is 0 Å². The van der Waals surface area contributed by atoms with E-state index in [1.165, 1.54) is 12.1 Å². The Labute approximate surface area is 87.9 Å². The van der Waals surface area contributed by atoms with E-state index in [4.69, 9.17) is 4.74 Å². The number of phenolic OH excluding ortho intramolecular Hbond substituents is 1. The van der Waals surface area contributed by atoms with Gasteiger partial charge in [0, 0.05) is 0 Å². The highest BCUT2D eigenvalue weighted by molar-refractivity contribution is 6.51. The summed E-state index contributed by atoms with van der Waals surface area (Å²) in [6.07, 6.45) is 3.45. The third-order valence-electron chi connectivity index (χ3n) is 1.97. The SMILES string of the molecule is O=C(OC1=CC=C[B]1)c1ccccc1O. The van der Waals surface area contributed by atoms with Crippen molar-refractivity contribution >= 4 is 13.2 Å². The summed E-state index contributed by atoms with van der Waals surface area (Å²) >= 11 is 0. The molecule has 0 unspecified atom stereocenters. The minimum absolute atomic E-state index is 0.0749. The normalized spacial score (nSPS) is 13.2. The van der Waals surface area contributed by atoms with Crippen molar-refractivity contribution in [1.82, 2.24) is 0 Å². The highest BCUT2D eigenvalue weighted by Crippen LogP contribution is 2.18. The number of esters is 1. The van der Waals surface area contributed by atoms with Crippen molar-refractivity contribution in [3.05, 3.63) is 53.6 Å². The van der Waals surface area contributed by atoms with Crippen LogP contribution in [0.1, 0.15) is 10.4 Å². The Morgan fingerprint density at radius 3 is 2.80 bits per heavy atom. The first-order valence-electron chi connectivity index (χ1n) is 4.49. The zero-order chi connectivity index (χ0) is 10.7. The number of carbonyl (C=O) groups excluding carboxylic acids is 1. The topological polar surface area (TPSA) is 46.5 Å². The van der Waals surface area contributed by atoms with E-state index in [2.05, 4.69) is 0 Å². The monoisotopic (exact) mass is 199 g/mol. The van der Waals surface area contributed by atoms with Crippen LogP contribution in [-0.4, -0.2) is 18.4 Å². The fraction of sp³-hybridized carbons (Fsp3) is 0. The van der Waals surface area contributed by atoms with Crippen LogP contribution in [-0.2, 0) is 4.74 Å². The smallest absolute Gasteiger partial charge is 0.346 e. The fourth-order valence-corrected chi connectivity index (χ4v) is 1.23. The molecule has 1 aliphatic heterocycles. The molecule has 1 aliphatic rings. The molecule has 1 radical (unpaired) electrons. The molecule has 0 saturated heterocycles. The van der Waals surface area contributed by atoms with Crippen LogP contribution in [0.3, 0.4) is 0 Å². The average molecular weight is 199 g/mol. The first-order chi connectivity index (χ1) is 7.27. The highest BCUT2D eigenvalue weighted by Gasteiger charge is 2.14. The second-order valence-electron chi connectivity index (χ2n) is 3.03. The number of benzene rings is 1. The molecule has 0 aromatic heterocycles. The third kappa shape index (κ3) is 2.10. The minimum atomic E-state index is -0.556. The molecule has 73 valence electrons. The Hall–Kier alpha value is -1.97. The van der Waals surface area contributed by atoms with E-state index < -0.39 is 5.97 Å². The molecule has 3 nitrogen and oxygen atoms in total. The van der Waals surface area contributed by atoms with Gasteiger partial charge in [-0.1, -0.05) is 18.2 Å². The Bertz CT molecular complexity index is 449. The Morgan fingerprint density at radius 2 is 2.13 bits per heavy atom. The molecule has 1 N–H and O–H groups in total. The van der Waals surface area contributed by atoms with E-state index in [1.807, 2.05) is 0 Å². The molecule has 0 amide bonds. The second kappa shape index (κ2) is 4.04. The summed E-state index contributed by atoms with van der Waals surface area (Å²) in [5.41, 5.74) is 0.641. The summed E-state index contributed by atoms with van der Waals surface area (Å²) in [6.45, 7) is 0. The van der Waals surface area contributed by atoms with Crippen molar-refractivity contribution in [2.45, 2.75) is 0 Å². The van der Waals surface area contributed by atoms with Crippen molar-refractivity contribution in [1.29, 1.82) is 0 Å². The minimum Gasteiger partial charge on any atom is -0.507 e. The third-order valence-corrected chi connectivity index (χ3v) is 1.97. The molecule has 1 heterocycles. The number of hydrogen-bond acceptors (Lipinski definition) is 3. The summed E-state index contributed by atoms with van der Waals surface area (Å²) in [4.78, 5) is 11.6. The van der Waals surface area contributed by atoms with Crippen molar-refractivity contribution in [2.24, 2.45) is 0 Å². The summed E-state index contributed by atoms with van der Waals surface area (Å²) in [5, 5.41) is 9.41. The largest absolute Gasteiger partial charge is 0.507 e. The second-order valence-corrected chi connectivity index (χ2v) is 3.03. The number of phenols is 1. The first kappa shape index (κ1) is 9.58. The maximum atomic E-state index is 11.6. The lowest BCUT2D eigenvalue weighted by atomic mass is 9.80. The molecule has 0 atom stereocenters. The number of hydrogen-bond donors (Lipinski definition) is 1. The number of para-hydroxylation sites is 1. The lowest BCUT2D eigenvalue weighted by molar-refractivity contribution is 0.0645. The van der Waals surface area contributed by atoms with E-state index >= 15 is 0 Å². The van der Waals surface area contributed by atoms with Crippen LogP contribution in [0, 0.1) is 0 Å². The van der Waals surface area contributed by atoms with Gasteiger partial charge >= 0.3 is 5.97 Å². The summed E-state index contributed by atoms with van der Waals surface area (Å²) in [6, 6.07) is 6.28. The zero-order valence-corrected chi connectivity index (χ0v) is 7.88. The van der Waals surface area contributed by atoms with Crippen molar-refractivity contribution in [3.8, 4) is 5.75 Å². The van der Waals surface area contributed by atoms with E-state index in [0.717, 1.165) is 0 Å². The fourth-order valence-electron chi connectivity index (χ4n) is 1.23. The molecule has 0 saturated carbocycles. The molecular weight excluding hydrogens is 191 g/mol. The Kier molecular flexibility index (Phi) is 2.58. The predicted molar refractivity (Wildman–Crippen MR) is 56.5 cm³/mol. The highest BCUT2D eigenvalue weighted by atomic mass is 16.5. The van der Waals surface area contributed by atoms with Gasteiger partial charge in [0.1, 0.15) is 11.3 Å². The van der Waals surface area contributed by atoms with E-state index in [-0.39, 0.29) is 11.3 Å². The van der Waals surface area contributed by atoms with Gasteiger partial charge in [-0.3, -0.25) is 0 Å². The number of allylic oxidation sites excluding steroid dienone is 2. The van der Waals surface area contributed by atoms with Gasteiger partial charge in [-0.05, 0) is 18.2 Å². The number of carbonyl (C=O) groups is 1. The van der Waals surface area contributed by atoms with Gasteiger partial charge in [0.15, 0.2) is 0 Å². The quantitative estimate of drug-likeness (QED) is 0.581. The van der Waals surface area contributed by atoms with E-state index in [9.17, 15) is 9.90 Å². The van der Waals surface area contributed by atoms with E-state index in [1.54, 1.807) is 37.5 Å². The number of ether oxygens (including phenoxy) is 1. The lowest BCUT2D eigenvalue weighted by Crippen LogP contribution is -2.07. The van der Waals surface area contributed by atoms with Crippen LogP contribution >= 0.6 is 0 Å². The average Bonchev–Trinajstić information content (AvgIpc) is 2.71. The molecule has 0 bridgehead atoms. The lowest BCUT2D eigenvalue weighted by Gasteiger charge is -2.05. The molecule has 0 fully saturated rings. The van der Waals surface area contributed by atoms with Gasteiger partial charge in [0.25, 0.3) is 0 Å². The molecular formula is C11H8BO3. The van der Waals surface area contributed by atoms with Crippen LogP contribution in [0.15, 0.2) is 48.1 Å². The molecule has 4 heteroatoms. The van der Waals surface area contributed by atoms with Gasteiger partial charge in [-0.15, -0.1) is 5.98 Å². The summed E-state index contributed by atoms with van der Waals surface area (Å²) < 4.78 is 5.02.